The Bertz CT molecular complexity index is 945. The Labute approximate surface area is 161 Å². The van der Waals surface area contributed by atoms with Gasteiger partial charge in [-0.15, -0.1) is 0 Å². The Morgan fingerprint density at radius 3 is 2.85 bits per heavy atom. The number of carbonyl (C=O) groups is 1. The Kier molecular flexibility index (Phi) is 5.95. The number of carbonyl (C=O) groups excluding carboxylic acids is 1. The molecular weight excluding hydrogens is 394 g/mol. The molecule has 0 unspecified atom stereocenters. The number of halogens is 1. The number of anilines is 1. The minimum Gasteiger partial charge on any atom is -0.496 e. The standard InChI is InChI=1S/C17H18ClN3O5S/c1-25-15-5-4-12(27(23,24)21-11-6-8-26-10-11)9-13(15)17(22)20-16-14(18)3-2-7-19-16/h2-5,7,9,11,21H,6,8,10H2,1H3,(H,19,20,22)/t11-/m0/s1. The Morgan fingerprint density at radius 2 is 2.19 bits per heavy atom. The number of rotatable bonds is 6. The van der Waals surface area contributed by atoms with Crippen molar-refractivity contribution in [2.24, 2.45) is 0 Å². The normalized spacial score (nSPS) is 16.9. The van der Waals surface area contributed by atoms with E-state index in [1.54, 1.807) is 12.1 Å². The first-order chi connectivity index (χ1) is 12.9. The number of hydrogen-bond donors (Lipinski definition) is 2. The van der Waals surface area contributed by atoms with Gasteiger partial charge in [-0.05, 0) is 36.8 Å². The number of aromatic nitrogens is 1. The maximum Gasteiger partial charge on any atom is 0.260 e. The molecule has 1 atom stereocenters. The zero-order chi connectivity index (χ0) is 19.4. The maximum absolute atomic E-state index is 12.6. The van der Waals surface area contributed by atoms with Crippen molar-refractivity contribution >= 4 is 33.3 Å². The van der Waals surface area contributed by atoms with Crippen molar-refractivity contribution in [2.75, 3.05) is 25.6 Å². The first-order valence-corrected chi connectivity index (χ1v) is 9.97. The summed E-state index contributed by atoms with van der Waals surface area (Å²) in [5.41, 5.74) is 0.0461. The van der Waals surface area contributed by atoms with E-state index in [2.05, 4.69) is 15.0 Å². The van der Waals surface area contributed by atoms with Crippen LogP contribution in [0.2, 0.25) is 5.02 Å². The van der Waals surface area contributed by atoms with E-state index >= 15 is 0 Å². The molecule has 2 aromatic rings. The lowest BCUT2D eigenvalue weighted by Gasteiger charge is -2.14. The van der Waals surface area contributed by atoms with Crippen molar-refractivity contribution in [3.63, 3.8) is 0 Å². The molecule has 1 aromatic heterocycles. The first kappa shape index (κ1) is 19.6. The van der Waals surface area contributed by atoms with Crippen LogP contribution in [0.4, 0.5) is 5.82 Å². The van der Waals surface area contributed by atoms with Gasteiger partial charge in [-0.2, -0.15) is 0 Å². The lowest BCUT2D eigenvalue weighted by molar-refractivity contribution is 0.102. The highest BCUT2D eigenvalue weighted by Crippen LogP contribution is 2.25. The third-order valence-electron chi connectivity index (χ3n) is 3.97. The van der Waals surface area contributed by atoms with Crippen LogP contribution < -0.4 is 14.8 Å². The number of methoxy groups -OCH3 is 1. The molecule has 144 valence electrons. The second-order valence-electron chi connectivity index (χ2n) is 5.83. The quantitative estimate of drug-likeness (QED) is 0.753. The van der Waals surface area contributed by atoms with E-state index in [0.717, 1.165) is 0 Å². The molecule has 1 aromatic carbocycles. The lowest BCUT2D eigenvalue weighted by Crippen LogP contribution is -2.35. The van der Waals surface area contributed by atoms with Crippen LogP contribution in [-0.2, 0) is 14.8 Å². The van der Waals surface area contributed by atoms with Crippen molar-refractivity contribution in [2.45, 2.75) is 17.4 Å². The summed E-state index contributed by atoms with van der Waals surface area (Å²) in [6, 6.07) is 6.97. The van der Waals surface area contributed by atoms with Crippen LogP contribution in [0.5, 0.6) is 5.75 Å². The summed E-state index contributed by atoms with van der Waals surface area (Å²) < 4.78 is 38.2. The second-order valence-corrected chi connectivity index (χ2v) is 7.95. The van der Waals surface area contributed by atoms with Gasteiger partial charge in [0.2, 0.25) is 10.0 Å². The van der Waals surface area contributed by atoms with Gasteiger partial charge in [0.05, 0.1) is 29.2 Å². The molecule has 27 heavy (non-hydrogen) atoms. The fourth-order valence-corrected chi connectivity index (χ4v) is 4.05. The van der Waals surface area contributed by atoms with Crippen molar-refractivity contribution in [3.8, 4) is 5.75 Å². The number of sulfonamides is 1. The van der Waals surface area contributed by atoms with Crippen LogP contribution in [-0.4, -0.2) is 45.7 Å². The molecule has 2 heterocycles. The number of pyridine rings is 1. The number of nitrogens with zero attached hydrogens (tertiary/aromatic N) is 1. The molecule has 3 rings (SSSR count). The van der Waals surface area contributed by atoms with Crippen LogP contribution in [0.3, 0.4) is 0 Å². The van der Waals surface area contributed by atoms with Crippen LogP contribution in [0.25, 0.3) is 0 Å². The van der Waals surface area contributed by atoms with E-state index in [-0.39, 0.29) is 33.1 Å². The van der Waals surface area contributed by atoms with Gasteiger partial charge in [0.1, 0.15) is 5.75 Å². The third-order valence-corrected chi connectivity index (χ3v) is 5.79. The minimum absolute atomic E-state index is 0.0461. The SMILES string of the molecule is COc1ccc(S(=O)(=O)N[C@H]2CCOC2)cc1C(=O)Nc1ncccc1Cl. The van der Waals surface area contributed by atoms with E-state index in [1.165, 1.54) is 31.5 Å². The molecule has 8 nitrogen and oxygen atoms in total. The van der Waals surface area contributed by atoms with Gasteiger partial charge in [0, 0.05) is 18.8 Å². The molecule has 1 saturated heterocycles. The van der Waals surface area contributed by atoms with Crippen molar-refractivity contribution < 1.29 is 22.7 Å². The molecule has 0 radical (unpaired) electrons. The third kappa shape index (κ3) is 4.56. The second kappa shape index (κ2) is 8.22. The summed E-state index contributed by atoms with van der Waals surface area (Å²) in [4.78, 5) is 16.6. The molecule has 1 aliphatic heterocycles. The lowest BCUT2D eigenvalue weighted by atomic mass is 10.2. The molecule has 10 heteroatoms. The van der Waals surface area contributed by atoms with E-state index in [1.807, 2.05) is 0 Å². The van der Waals surface area contributed by atoms with Gasteiger partial charge >= 0.3 is 0 Å². The van der Waals surface area contributed by atoms with Crippen LogP contribution >= 0.6 is 11.6 Å². The van der Waals surface area contributed by atoms with Gasteiger partial charge in [0.25, 0.3) is 5.91 Å². The van der Waals surface area contributed by atoms with Crippen molar-refractivity contribution in [1.29, 1.82) is 0 Å². The summed E-state index contributed by atoms with van der Waals surface area (Å²) >= 11 is 6.00. The van der Waals surface area contributed by atoms with E-state index in [4.69, 9.17) is 21.1 Å². The van der Waals surface area contributed by atoms with Gasteiger partial charge in [-0.3, -0.25) is 4.79 Å². The monoisotopic (exact) mass is 411 g/mol. The highest BCUT2D eigenvalue weighted by molar-refractivity contribution is 7.89. The van der Waals surface area contributed by atoms with Gasteiger partial charge in [0.15, 0.2) is 5.82 Å². The number of amides is 1. The fraction of sp³-hybridized carbons (Fsp3) is 0.294. The summed E-state index contributed by atoms with van der Waals surface area (Å²) in [7, 11) is -2.42. The molecule has 2 N–H and O–H groups in total. The molecule has 1 fully saturated rings. The minimum atomic E-state index is -3.81. The number of benzene rings is 1. The smallest absolute Gasteiger partial charge is 0.260 e. The van der Waals surface area contributed by atoms with E-state index in [0.29, 0.717) is 19.6 Å². The fourth-order valence-electron chi connectivity index (χ4n) is 2.60. The molecule has 0 bridgehead atoms. The molecule has 0 spiro atoms. The first-order valence-electron chi connectivity index (χ1n) is 8.10. The summed E-state index contributed by atoms with van der Waals surface area (Å²) in [5.74, 6) is -0.197. The largest absolute Gasteiger partial charge is 0.496 e. The van der Waals surface area contributed by atoms with E-state index in [9.17, 15) is 13.2 Å². The number of ether oxygens (including phenoxy) is 2. The summed E-state index contributed by atoms with van der Waals surface area (Å²) in [6.07, 6.45) is 2.08. The maximum atomic E-state index is 12.6. The van der Waals surface area contributed by atoms with Crippen molar-refractivity contribution in [3.05, 3.63) is 47.1 Å². The summed E-state index contributed by atoms with van der Waals surface area (Å²) in [5, 5.41) is 2.82. The molecular formula is C17H18ClN3O5S. The average Bonchev–Trinajstić information content (AvgIpc) is 3.15. The highest BCUT2D eigenvalue weighted by Gasteiger charge is 2.25. The van der Waals surface area contributed by atoms with Crippen LogP contribution in [0.1, 0.15) is 16.8 Å². The Morgan fingerprint density at radius 1 is 1.37 bits per heavy atom. The van der Waals surface area contributed by atoms with Crippen molar-refractivity contribution in [1.82, 2.24) is 9.71 Å². The van der Waals surface area contributed by atoms with E-state index < -0.39 is 15.9 Å². The zero-order valence-corrected chi connectivity index (χ0v) is 16.0. The zero-order valence-electron chi connectivity index (χ0n) is 14.4. The highest BCUT2D eigenvalue weighted by atomic mass is 35.5. The Hall–Kier alpha value is -2.20. The Balaban J connectivity index is 1.89. The predicted molar refractivity (Wildman–Crippen MR) is 99.7 cm³/mol. The molecule has 0 saturated carbocycles. The summed E-state index contributed by atoms with van der Waals surface area (Å²) in [6.45, 7) is 0.829. The average molecular weight is 412 g/mol. The van der Waals surface area contributed by atoms with Crippen LogP contribution in [0, 0.1) is 0 Å². The van der Waals surface area contributed by atoms with Crippen LogP contribution in [0.15, 0.2) is 41.4 Å². The molecule has 0 aliphatic carbocycles. The topological polar surface area (TPSA) is 107 Å². The molecule has 1 amide bonds. The van der Waals surface area contributed by atoms with Gasteiger partial charge < -0.3 is 14.8 Å². The predicted octanol–water partition coefficient (Wildman–Crippen LogP) is 2.06. The van der Waals surface area contributed by atoms with Gasteiger partial charge in [-0.25, -0.2) is 18.1 Å². The number of nitrogens with one attached hydrogen (secondary N) is 2. The number of hydrogen-bond acceptors (Lipinski definition) is 6. The molecule has 1 aliphatic rings. The van der Waals surface area contributed by atoms with Gasteiger partial charge in [-0.1, -0.05) is 11.6 Å².